The van der Waals surface area contributed by atoms with Crippen molar-refractivity contribution >= 4 is 17.6 Å². The first kappa shape index (κ1) is 22.2. The van der Waals surface area contributed by atoms with Gasteiger partial charge in [-0.15, -0.1) is 0 Å². The van der Waals surface area contributed by atoms with Gasteiger partial charge in [-0.25, -0.2) is 4.39 Å². The maximum absolute atomic E-state index is 13.2. The van der Waals surface area contributed by atoms with E-state index in [1.807, 2.05) is 57.6 Å². The van der Waals surface area contributed by atoms with Gasteiger partial charge in [-0.3, -0.25) is 19.8 Å². The van der Waals surface area contributed by atoms with Crippen LogP contribution in [0.5, 0.6) is 0 Å². The lowest BCUT2D eigenvalue weighted by Gasteiger charge is -2.15. The zero-order valence-electron chi connectivity index (χ0n) is 18.6. The molecule has 0 radical (unpaired) electrons. The number of anilines is 1. The molecule has 0 fully saturated rings. The number of guanidine groups is 1. The van der Waals surface area contributed by atoms with Crippen LogP contribution in [0.3, 0.4) is 0 Å². The van der Waals surface area contributed by atoms with Crippen LogP contribution in [0.2, 0.25) is 0 Å². The number of hydrogen-bond acceptors (Lipinski definition) is 3. The molecule has 2 aromatic carbocycles. The van der Waals surface area contributed by atoms with Gasteiger partial charge >= 0.3 is 0 Å². The zero-order valence-corrected chi connectivity index (χ0v) is 18.6. The third-order valence-corrected chi connectivity index (χ3v) is 5.49. The van der Waals surface area contributed by atoms with E-state index in [9.17, 15) is 9.18 Å². The van der Waals surface area contributed by atoms with Crippen LogP contribution in [0.1, 0.15) is 38.4 Å². The molecular formula is C24H28FN5O. The zero-order chi connectivity index (χ0) is 22.5. The van der Waals surface area contributed by atoms with Crippen LogP contribution in [0.15, 0.2) is 47.5 Å². The summed E-state index contributed by atoms with van der Waals surface area (Å²) in [4.78, 5) is 17.3. The Morgan fingerprint density at radius 1 is 1.10 bits per heavy atom. The van der Waals surface area contributed by atoms with E-state index in [0.717, 1.165) is 33.8 Å². The third kappa shape index (κ3) is 5.36. The van der Waals surface area contributed by atoms with Crippen molar-refractivity contribution in [1.29, 1.82) is 0 Å². The first-order chi connectivity index (χ1) is 14.8. The minimum atomic E-state index is -0.388. The molecule has 1 aromatic heterocycles. The number of carbonyl (C=O) groups is 1. The summed E-state index contributed by atoms with van der Waals surface area (Å²) in [5.74, 6) is -0.395. The van der Waals surface area contributed by atoms with Crippen molar-refractivity contribution in [3.8, 4) is 0 Å². The summed E-state index contributed by atoms with van der Waals surface area (Å²) in [6, 6.07) is 11.3. The Morgan fingerprint density at radius 2 is 1.81 bits per heavy atom. The third-order valence-electron chi connectivity index (χ3n) is 5.49. The molecule has 0 unspecified atom stereocenters. The van der Waals surface area contributed by atoms with E-state index in [4.69, 9.17) is 0 Å². The average molecular weight is 422 g/mol. The Balaban J connectivity index is 1.82. The summed E-state index contributed by atoms with van der Waals surface area (Å²) in [6.45, 7) is 8.54. The Hall–Kier alpha value is -3.48. The summed E-state index contributed by atoms with van der Waals surface area (Å²) in [5, 5.41) is 10.5. The Labute approximate surface area is 182 Å². The number of nitrogens with zero attached hydrogens (tertiary/aromatic N) is 3. The van der Waals surface area contributed by atoms with E-state index >= 15 is 0 Å². The fraction of sp³-hybridized carbons (Fsp3) is 0.292. The van der Waals surface area contributed by atoms with Crippen LogP contribution in [0.4, 0.5) is 10.1 Å². The molecule has 0 saturated carbocycles. The van der Waals surface area contributed by atoms with Crippen molar-refractivity contribution in [2.45, 2.75) is 34.1 Å². The Kier molecular flexibility index (Phi) is 6.84. The van der Waals surface area contributed by atoms with Gasteiger partial charge in [-0.2, -0.15) is 5.10 Å². The maximum atomic E-state index is 13.2. The van der Waals surface area contributed by atoms with Crippen LogP contribution < -0.4 is 10.6 Å². The number of aromatic nitrogens is 2. The summed E-state index contributed by atoms with van der Waals surface area (Å²) in [5.41, 5.74) is 6.67. The second kappa shape index (κ2) is 9.55. The molecule has 0 aliphatic rings. The molecule has 3 rings (SSSR count). The molecule has 7 heteroatoms. The normalized spacial score (nSPS) is 11.5. The number of rotatable bonds is 5. The van der Waals surface area contributed by atoms with Crippen molar-refractivity contribution < 1.29 is 9.18 Å². The molecule has 0 atom stereocenters. The van der Waals surface area contributed by atoms with Gasteiger partial charge in [-0.1, -0.05) is 12.1 Å². The van der Waals surface area contributed by atoms with Gasteiger partial charge in [0.05, 0.1) is 5.69 Å². The number of hydrogen-bond donors (Lipinski definition) is 2. The lowest BCUT2D eigenvalue weighted by atomic mass is 10.1. The number of carbonyl (C=O) groups excluding carboxylic acids is 1. The number of aliphatic imine (C=N–C) groups is 1. The second-order valence-electron chi connectivity index (χ2n) is 7.59. The molecule has 0 bridgehead atoms. The van der Waals surface area contributed by atoms with Crippen molar-refractivity contribution in [3.05, 3.63) is 81.9 Å². The summed E-state index contributed by atoms with van der Waals surface area (Å²) < 4.78 is 15.1. The molecule has 0 aliphatic carbocycles. The molecule has 6 nitrogen and oxygen atoms in total. The molecule has 1 amide bonds. The van der Waals surface area contributed by atoms with Gasteiger partial charge in [0.1, 0.15) is 5.82 Å². The minimum absolute atomic E-state index is 0.349. The fourth-order valence-corrected chi connectivity index (χ4v) is 3.36. The molecule has 3 aromatic rings. The van der Waals surface area contributed by atoms with Gasteiger partial charge in [0.2, 0.25) is 5.96 Å². The molecule has 0 aliphatic heterocycles. The van der Waals surface area contributed by atoms with Crippen LogP contribution in [-0.4, -0.2) is 28.2 Å². The van der Waals surface area contributed by atoms with E-state index in [2.05, 4.69) is 20.7 Å². The largest absolute Gasteiger partial charge is 0.326 e. The summed E-state index contributed by atoms with van der Waals surface area (Å²) >= 11 is 0. The topological polar surface area (TPSA) is 71.3 Å². The molecule has 1 heterocycles. The van der Waals surface area contributed by atoms with Crippen LogP contribution in [0.25, 0.3) is 0 Å². The SMILES string of the molecule is Cc1cccc(NC(=NCCc2c(C)nn(C)c2C)NC(=O)c2ccc(F)cc2)c1C. The molecule has 31 heavy (non-hydrogen) atoms. The summed E-state index contributed by atoms with van der Waals surface area (Å²) in [7, 11) is 1.92. The Bertz CT molecular complexity index is 1120. The predicted molar refractivity (Wildman–Crippen MR) is 122 cm³/mol. The van der Waals surface area contributed by atoms with E-state index < -0.39 is 0 Å². The quantitative estimate of drug-likeness (QED) is 0.478. The van der Waals surface area contributed by atoms with Gasteiger partial charge in [0, 0.05) is 30.5 Å². The molecule has 162 valence electrons. The van der Waals surface area contributed by atoms with Crippen molar-refractivity contribution in [2.24, 2.45) is 12.0 Å². The van der Waals surface area contributed by atoms with Crippen LogP contribution >= 0.6 is 0 Å². The number of amides is 1. The Morgan fingerprint density at radius 3 is 2.45 bits per heavy atom. The minimum Gasteiger partial charge on any atom is -0.326 e. The molecule has 2 N–H and O–H groups in total. The molecule has 0 spiro atoms. The van der Waals surface area contributed by atoms with Gasteiger partial charge in [-0.05, 0) is 81.1 Å². The predicted octanol–water partition coefficient (Wildman–Crippen LogP) is 4.23. The van der Waals surface area contributed by atoms with Gasteiger partial charge in [0.25, 0.3) is 5.91 Å². The van der Waals surface area contributed by atoms with Crippen molar-refractivity contribution in [3.63, 3.8) is 0 Å². The number of halogens is 1. The second-order valence-corrected chi connectivity index (χ2v) is 7.59. The van der Waals surface area contributed by atoms with Crippen LogP contribution in [0, 0.1) is 33.5 Å². The summed E-state index contributed by atoms with van der Waals surface area (Å²) in [6.07, 6.45) is 0.704. The van der Waals surface area contributed by atoms with E-state index in [-0.39, 0.29) is 11.7 Å². The van der Waals surface area contributed by atoms with E-state index in [0.29, 0.717) is 24.5 Å². The maximum Gasteiger partial charge on any atom is 0.257 e. The highest BCUT2D eigenvalue weighted by Crippen LogP contribution is 2.18. The highest BCUT2D eigenvalue weighted by Gasteiger charge is 2.12. The fourth-order valence-electron chi connectivity index (χ4n) is 3.36. The molecule has 0 saturated heterocycles. The van der Waals surface area contributed by atoms with Gasteiger partial charge < -0.3 is 5.32 Å². The van der Waals surface area contributed by atoms with Crippen molar-refractivity contribution in [2.75, 3.05) is 11.9 Å². The highest BCUT2D eigenvalue weighted by atomic mass is 19.1. The van der Waals surface area contributed by atoms with E-state index in [1.54, 1.807) is 0 Å². The number of nitrogens with one attached hydrogen (secondary N) is 2. The lowest BCUT2D eigenvalue weighted by molar-refractivity contribution is 0.0977. The van der Waals surface area contributed by atoms with Gasteiger partial charge in [0.15, 0.2) is 0 Å². The molecular weight excluding hydrogens is 393 g/mol. The number of benzene rings is 2. The lowest BCUT2D eigenvalue weighted by Crippen LogP contribution is -2.36. The van der Waals surface area contributed by atoms with Crippen molar-refractivity contribution in [1.82, 2.24) is 15.1 Å². The highest BCUT2D eigenvalue weighted by molar-refractivity contribution is 6.10. The first-order valence-electron chi connectivity index (χ1n) is 10.2. The average Bonchev–Trinajstić information content (AvgIpc) is 2.97. The monoisotopic (exact) mass is 421 g/mol. The van der Waals surface area contributed by atoms with E-state index in [1.165, 1.54) is 24.3 Å². The van der Waals surface area contributed by atoms with Crippen LogP contribution in [-0.2, 0) is 13.5 Å². The smallest absolute Gasteiger partial charge is 0.257 e. The number of aryl methyl sites for hydroxylation is 3. The first-order valence-corrected chi connectivity index (χ1v) is 10.2. The standard InChI is InChI=1S/C24H28FN5O/c1-15-7-6-8-22(16(15)2)27-24(28-23(31)19-9-11-20(25)12-10-19)26-14-13-21-17(3)29-30(5)18(21)4/h6-12H,13-14H2,1-5H3,(H2,26,27,28,31).